The molecule has 35 heavy (non-hydrogen) atoms. The van der Waals surface area contributed by atoms with Crippen molar-refractivity contribution in [2.45, 2.75) is 64.6 Å². The van der Waals surface area contributed by atoms with Gasteiger partial charge in [-0.3, -0.25) is 4.79 Å². The first-order chi connectivity index (χ1) is 16.9. The summed E-state index contributed by atoms with van der Waals surface area (Å²) in [5.74, 6) is -0.267. The van der Waals surface area contributed by atoms with E-state index in [4.69, 9.17) is 25.7 Å². The standard InChI is InChI=1S/C28H36N2O5/c1-2-3-4-15-33-25-12-8-22(9-13-25)28(32)35-26-10-5-20(6-11-26)7-14-27(31)34-19-21-16-23(29)18-24(30)17-21/h5-7,10-11,14,16-18,22,25H,2-4,8-9,12-13,15,19,29-30H2,1H3. The third-order valence-corrected chi connectivity index (χ3v) is 6.04. The van der Waals surface area contributed by atoms with Crippen LogP contribution in [0.2, 0.25) is 0 Å². The first-order valence-corrected chi connectivity index (χ1v) is 12.4. The molecule has 7 heteroatoms. The summed E-state index contributed by atoms with van der Waals surface area (Å²) in [4.78, 5) is 24.6. The SMILES string of the molecule is CCCCCOC1CCC(C(=O)Oc2ccc(C=CC(=O)OCc3cc(N)cc(N)c3)cc2)CC1. The highest BCUT2D eigenvalue weighted by Crippen LogP contribution is 2.28. The lowest BCUT2D eigenvalue weighted by molar-refractivity contribution is -0.141. The third kappa shape index (κ3) is 9.09. The molecule has 0 bridgehead atoms. The van der Waals surface area contributed by atoms with E-state index in [0.717, 1.165) is 49.8 Å². The topological polar surface area (TPSA) is 114 Å². The Morgan fingerprint density at radius 1 is 0.971 bits per heavy atom. The molecule has 3 rings (SSSR count). The molecule has 2 aromatic rings. The number of nitrogens with two attached hydrogens (primary N) is 2. The summed E-state index contributed by atoms with van der Waals surface area (Å²) in [6.45, 7) is 3.07. The van der Waals surface area contributed by atoms with Gasteiger partial charge in [0.25, 0.3) is 0 Å². The van der Waals surface area contributed by atoms with Gasteiger partial charge < -0.3 is 25.7 Å². The van der Waals surface area contributed by atoms with Crippen LogP contribution in [-0.4, -0.2) is 24.6 Å². The second-order valence-electron chi connectivity index (χ2n) is 8.99. The fourth-order valence-corrected chi connectivity index (χ4v) is 4.11. The molecule has 1 saturated carbocycles. The van der Waals surface area contributed by atoms with Crippen molar-refractivity contribution in [2.75, 3.05) is 18.1 Å². The van der Waals surface area contributed by atoms with Crippen LogP contribution in [0.25, 0.3) is 6.08 Å². The van der Waals surface area contributed by atoms with Gasteiger partial charge >= 0.3 is 11.9 Å². The predicted octanol–water partition coefficient (Wildman–Crippen LogP) is 5.28. The number of benzene rings is 2. The Bertz CT molecular complexity index is 975. The van der Waals surface area contributed by atoms with Gasteiger partial charge in [0.15, 0.2) is 0 Å². The Hall–Kier alpha value is -3.32. The van der Waals surface area contributed by atoms with Crippen molar-refractivity contribution < 1.29 is 23.8 Å². The number of unbranched alkanes of at least 4 members (excludes halogenated alkanes) is 2. The average Bonchev–Trinajstić information content (AvgIpc) is 2.85. The summed E-state index contributed by atoms with van der Waals surface area (Å²) in [5, 5.41) is 0. The van der Waals surface area contributed by atoms with Gasteiger partial charge in [0, 0.05) is 24.1 Å². The summed E-state index contributed by atoms with van der Waals surface area (Å²) in [5.41, 5.74) is 14.0. The lowest BCUT2D eigenvalue weighted by atomic mass is 9.87. The number of anilines is 2. The maximum atomic E-state index is 12.6. The first kappa shape index (κ1) is 26.3. The van der Waals surface area contributed by atoms with Crippen LogP contribution in [0.3, 0.4) is 0 Å². The molecule has 0 aliphatic heterocycles. The largest absolute Gasteiger partial charge is 0.458 e. The van der Waals surface area contributed by atoms with Gasteiger partial charge in [0.05, 0.1) is 12.0 Å². The van der Waals surface area contributed by atoms with E-state index in [9.17, 15) is 9.59 Å². The van der Waals surface area contributed by atoms with Gasteiger partial charge in [-0.2, -0.15) is 0 Å². The molecule has 0 heterocycles. The van der Waals surface area contributed by atoms with Gasteiger partial charge in [0.2, 0.25) is 0 Å². The predicted molar refractivity (Wildman–Crippen MR) is 137 cm³/mol. The molecule has 0 aromatic heterocycles. The van der Waals surface area contributed by atoms with E-state index in [1.54, 1.807) is 48.5 Å². The Morgan fingerprint density at radius 2 is 1.66 bits per heavy atom. The van der Waals surface area contributed by atoms with Crippen LogP contribution in [0.5, 0.6) is 5.75 Å². The molecule has 7 nitrogen and oxygen atoms in total. The maximum Gasteiger partial charge on any atom is 0.331 e. The van der Waals surface area contributed by atoms with Crippen LogP contribution in [0.1, 0.15) is 63.0 Å². The molecule has 1 fully saturated rings. The minimum absolute atomic E-state index is 0.0835. The highest BCUT2D eigenvalue weighted by atomic mass is 16.5. The van der Waals surface area contributed by atoms with Crippen LogP contribution in [0.4, 0.5) is 11.4 Å². The average molecular weight is 481 g/mol. The molecule has 0 spiro atoms. The number of hydrogen-bond acceptors (Lipinski definition) is 7. The maximum absolute atomic E-state index is 12.6. The number of hydrogen-bond donors (Lipinski definition) is 2. The number of ether oxygens (including phenoxy) is 3. The van der Waals surface area contributed by atoms with Gasteiger partial charge in [-0.25, -0.2) is 4.79 Å². The molecule has 1 aliphatic carbocycles. The van der Waals surface area contributed by atoms with Crippen molar-refractivity contribution in [1.29, 1.82) is 0 Å². The van der Waals surface area contributed by atoms with E-state index >= 15 is 0 Å². The zero-order chi connectivity index (χ0) is 25.0. The molecule has 4 N–H and O–H groups in total. The monoisotopic (exact) mass is 480 g/mol. The van der Waals surface area contributed by atoms with E-state index in [1.165, 1.54) is 18.9 Å². The van der Waals surface area contributed by atoms with Crippen LogP contribution in [0, 0.1) is 5.92 Å². The summed E-state index contributed by atoms with van der Waals surface area (Å²) >= 11 is 0. The molecular formula is C28H36N2O5. The van der Waals surface area contributed by atoms with Crippen molar-refractivity contribution >= 4 is 29.4 Å². The Kier molecular flexibility index (Phi) is 10.2. The van der Waals surface area contributed by atoms with Crippen molar-refractivity contribution in [3.63, 3.8) is 0 Å². The van der Waals surface area contributed by atoms with E-state index in [0.29, 0.717) is 17.1 Å². The quantitative estimate of drug-likeness (QED) is 0.148. The van der Waals surface area contributed by atoms with Crippen molar-refractivity contribution in [3.05, 3.63) is 59.7 Å². The lowest BCUT2D eigenvalue weighted by Crippen LogP contribution is -2.29. The Labute approximate surface area is 207 Å². The van der Waals surface area contributed by atoms with Crippen molar-refractivity contribution in [2.24, 2.45) is 5.92 Å². The van der Waals surface area contributed by atoms with E-state index in [-0.39, 0.29) is 24.6 Å². The summed E-state index contributed by atoms with van der Waals surface area (Å²) < 4.78 is 16.7. The smallest absolute Gasteiger partial charge is 0.331 e. The Balaban J connectivity index is 1.39. The molecular weight excluding hydrogens is 444 g/mol. The highest BCUT2D eigenvalue weighted by Gasteiger charge is 2.28. The second-order valence-corrected chi connectivity index (χ2v) is 8.99. The van der Waals surface area contributed by atoms with E-state index < -0.39 is 5.97 Å². The fraction of sp³-hybridized carbons (Fsp3) is 0.429. The normalized spacial score (nSPS) is 17.9. The van der Waals surface area contributed by atoms with Crippen LogP contribution >= 0.6 is 0 Å². The third-order valence-electron chi connectivity index (χ3n) is 6.04. The zero-order valence-electron chi connectivity index (χ0n) is 20.4. The molecule has 0 amide bonds. The van der Waals surface area contributed by atoms with Crippen LogP contribution < -0.4 is 16.2 Å². The molecule has 0 radical (unpaired) electrons. The molecule has 1 aliphatic rings. The lowest BCUT2D eigenvalue weighted by Gasteiger charge is -2.27. The van der Waals surface area contributed by atoms with Gasteiger partial charge in [-0.1, -0.05) is 31.9 Å². The van der Waals surface area contributed by atoms with Crippen molar-refractivity contribution in [3.8, 4) is 5.75 Å². The summed E-state index contributed by atoms with van der Waals surface area (Å²) in [6, 6.07) is 12.1. The van der Waals surface area contributed by atoms with Gasteiger partial charge in [0.1, 0.15) is 12.4 Å². The minimum Gasteiger partial charge on any atom is -0.458 e. The van der Waals surface area contributed by atoms with Crippen LogP contribution in [0.15, 0.2) is 48.5 Å². The zero-order valence-corrected chi connectivity index (χ0v) is 20.4. The Morgan fingerprint density at radius 3 is 2.31 bits per heavy atom. The number of nitrogen functional groups attached to an aromatic ring is 2. The van der Waals surface area contributed by atoms with E-state index in [2.05, 4.69) is 6.92 Å². The molecule has 188 valence electrons. The molecule has 0 unspecified atom stereocenters. The fourth-order valence-electron chi connectivity index (χ4n) is 4.11. The minimum atomic E-state index is -0.480. The van der Waals surface area contributed by atoms with E-state index in [1.807, 2.05) is 0 Å². The number of carbonyl (C=O) groups is 2. The molecule has 0 atom stereocenters. The van der Waals surface area contributed by atoms with Crippen molar-refractivity contribution in [1.82, 2.24) is 0 Å². The first-order valence-electron chi connectivity index (χ1n) is 12.4. The highest BCUT2D eigenvalue weighted by molar-refractivity contribution is 5.87. The summed E-state index contributed by atoms with van der Waals surface area (Å²) in [7, 11) is 0. The summed E-state index contributed by atoms with van der Waals surface area (Å²) in [6.07, 6.45) is 10.1. The number of rotatable bonds is 11. The second kappa shape index (κ2) is 13.5. The molecule has 0 saturated heterocycles. The molecule has 2 aromatic carbocycles. The number of esters is 2. The van der Waals surface area contributed by atoms with Gasteiger partial charge in [-0.15, -0.1) is 0 Å². The number of carbonyl (C=O) groups excluding carboxylic acids is 2. The van der Waals surface area contributed by atoms with Crippen LogP contribution in [-0.2, 0) is 25.7 Å². The van der Waals surface area contributed by atoms with Gasteiger partial charge in [-0.05, 0) is 79.6 Å².